The van der Waals surface area contributed by atoms with Gasteiger partial charge in [0.25, 0.3) is 0 Å². The molecule has 1 nitrogen and oxygen atoms in total. The number of ketones is 1. The van der Waals surface area contributed by atoms with Gasteiger partial charge in [0.2, 0.25) is 5.78 Å². The van der Waals surface area contributed by atoms with Crippen molar-refractivity contribution < 1.29 is 4.79 Å². The predicted molar refractivity (Wildman–Crippen MR) is 71.9 cm³/mol. The Morgan fingerprint density at radius 3 is 2.44 bits per heavy atom. The third-order valence-electron chi connectivity index (χ3n) is 1.99. The molecule has 1 aromatic carbocycles. The monoisotopic (exact) mass is 334 g/mol. The van der Waals surface area contributed by atoms with Crippen molar-refractivity contribution in [2.45, 2.75) is 0 Å². The van der Waals surface area contributed by atoms with Crippen molar-refractivity contribution in [2.75, 3.05) is 0 Å². The molecule has 5 heteroatoms. The largest absolute Gasteiger partial charge is 0.288 e. The van der Waals surface area contributed by atoms with E-state index in [1.807, 2.05) is 0 Å². The van der Waals surface area contributed by atoms with E-state index in [1.54, 1.807) is 30.3 Å². The number of thiophene rings is 1. The normalized spacial score (nSPS) is 10.4. The third-order valence-corrected chi connectivity index (χ3v) is 4.79. The first kappa shape index (κ1) is 12.1. The van der Waals surface area contributed by atoms with Crippen LogP contribution < -0.4 is 0 Å². The van der Waals surface area contributed by atoms with Crippen molar-refractivity contribution in [3.63, 3.8) is 0 Å². The molecule has 16 heavy (non-hydrogen) atoms. The van der Waals surface area contributed by atoms with Crippen LogP contribution in [-0.2, 0) is 0 Å². The molecule has 2 rings (SSSR count). The predicted octanol–water partition coefficient (Wildman–Crippen LogP) is 5.05. The van der Waals surface area contributed by atoms with Crippen LogP contribution in [0.5, 0.6) is 0 Å². The molecule has 0 aliphatic carbocycles. The number of carbonyl (C=O) groups excluding carboxylic acids is 1. The Hall–Kier alpha value is -0.350. The average molecular weight is 336 g/mol. The number of benzene rings is 1. The van der Waals surface area contributed by atoms with E-state index in [0.717, 1.165) is 3.79 Å². The van der Waals surface area contributed by atoms with Gasteiger partial charge in [0.15, 0.2) is 0 Å². The molecule has 82 valence electrons. The van der Waals surface area contributed by atoms with Crippen LogP contribution in [0.1, 0.15) is 15.2 Å². The first-order valence-corrected chi connectivity index (χ1v) is 6.70. The van der Waals surface area contributed by atoms with E-state index in [1.165, 1.54) is 11.3 Å². The molecule has 0 bridgehead atoms. The van der Waals surface area contributed by atoms with E-state index in [9.17, 15) is 4.79 Å². The van der Waals surface area contributed by atoms with Gasteiger partial charge in [-0.05, 0) is 34.1 Å². The molecule has 0 aliphatic rings. The van der Waals surface area contributed by atoms with Gasteiger partial charge in [-0.15, -0.1) is 11.3 Å². The Kier molecular flexibility index (Phi) is 3.70. The first-order chi connectivity index (χ1) is 7.59. The number of rotatable bonds is 2. The van der Waals surface area contributed by atoms with Crippen LogP contribution in [-0.4, -0.2) is 5.78 Å². The topological polar surface area (TPSA) is 17.1 Å². The summed E-state index contributed by atoms with van der Waals surface area (Å²) in [7, 11) is 0. The second-order valence-corrected chi connectivity index (χ2v) is 6.23. The van der Waals surface area contributed by atoms with E-state index in [-0.39, 0.29) is 5.78 Å². The zero-order valence-corrected chi connectivity index (χ0v) is 11.8. The minimum atomic E-state index is -0.108. The summed E-state index contributed by atoms with van der Waals surface area (Å²) >= 11 is 16.4. The molecule has 0 fully saturated rings. The molecule has 0 aliphatic heterocycles. The summed E-state index contributed by atoms with van der Waals surface area (Å²) in [6, 6.07) is 8.60. The lowest BCUT2D eigenvalue weighted by atomic mass is 10.1. The Bertz CT molecular complexity index is 531. The zero-order chi connectivity index (χ0) is 11.7. The smallest absolute Gasteiger partial charge is 0.204 e. The summed E-state index contributed by atoms with van der Waals surface area (Å²) in [6.07, 6.45) is 0. The van der Waals surface area contributed by atoms with Crippen molar-refractivity contribution in [3.05, 3.63) is 54.6 Å². The van der Waals surface area contributed by atoms with Crippen molar-refractivity contribution in [1.82, 2.24) is 0 Å². The van der Waals surface area contributed by atoms with Gasteiger partial charge in [-0.1, -0.05) is 35.3 Å². The summed E-state index contributed by atoms with van der Waals surface area (Å²) in [6.45, 7) is 0. The molecule has 0 unspecified atom stereocenters. The average Bonchev–Trinajstić information content (AvgIpc) is 2.59. The van der Waals surface area contributed by atoms with Gasteiger partial charge in [0.1, 0.15) is 0 Å². The van der Waals surface area contributed by atoms with Gasteiger partial charge in [0, 0.05) is 5.56 Å². The number of hydrogen-bond acceptors (Lipinski definition) is 2. The Labute approximate surface area is 115 Å². The van der Waals surface area contributed by atoms with Crippen LogP contribution in [0.15, 0.2) is 34.1 Å². The minimum absolute atomic E-state index is 0.108. The number of carbonyl (C=O) groups is 1. The second-order valence-electron chi connectivity index (χ2n) is 3.04. The van der Waals surface area contributed by atoms with Crippen LogP contribution in [0.2, 0.25) is 10.0 Å². The van der Waals surface area contributed by atoms with Gasteiger partial charge in [-0.2, -0.15) is 0 Å². The number of halogens is 3. The van der Waals surface area contributed by atoms with Crippen molar-refractivity contribution >= 4 is 56.3 Å². The standard InChI is InChI=1S/C11H5BrCl2OS/c12-11-8(14)5-9(16-11)10(15)6-3-1-2-4-7(6)13/h1-5H. The molecular formula is C11H5BrCl2OS. The number of hydrogen-bond donors (Lipinski definition) is 0. The third kappa shape index (κ3) is 2.33. The van der Waals surface area contributed by atoms with Gasteiger partial charge in [-0.3, -0.25) is 4.79 Å². The highest BCUT2D eigenvalue weighted by Crippen LogP contribution is 2.34. The van der Waals surface area contributed by atoms with Gasteiger partial charge in [-0.25, -0.2) is 0 Å². The summed E-state index contributed by atoms with van der Waals surface area (Å²) in [5.74, 6) is -0.108. The fourth-order valence-corrected chi connectivity index (χ4v) is 3.11. The highest BCUT2D eigenvalue weighted by molar-refractivity contribution is 9.11. The van der Waals surface area contributed by atoms with E-state index in [4.69, 9.17) is 23.2 Å². The highest BCUT2D eigenvalue weighted by atomic mass is 79.9. The summed E-state index contributed by atoms with van der Waals surface area (Å²) in [4.78, 5) is 12.7. The molecule has 0 amide bonds. The zero-order valence-electron chi connectivity index (χ0n) is 7.84. The van der Waals surface area contributed by atoms with Crippen LogP contribution in [0.4, 0.5) is 0 Å². The Balaban J connectivity index is 2.43. The van der Waals surface area contributed by atoms with Crippen molar-refractivity contribution in [3.8, 4) is 0 Å². The Morgan fingerprint density at radius 1 is 1.19 bits per heavy atom. The molecule has 0 saturated heterocycles. The molecule has 0 saturated carbocycles. The Morgan fingerprint density at radius 2 is 1.88 bits per heavy atom. The quantitative estimate of drug-likeness (QED) is 0.702. The van der Waals surface area contributed by atoms with Crippen LogP contribution in [0, 0.1) is 0 Å². The molecule has 0 spiro atoms. The maximum absolute atomic E-state index is 12.1. The molecule has 0 radical (unpaired) electrons. The summed E-state index contributed by atoms with van der Waals surface area (Å²) < 4.78 is 0.754. The van der Waals surface area contributed by atoms with Crippen LogP contribution in [0.25, 0.3) is 0 Å². The molecule has 1 aromatic heterocycles. The van der Waals surface area contributed by atoms with E-state index in [0.29, 0.717) is 20.5 Å². The van der Waals surface area contributed by atoms with E-state index in [2.05, 4.69) is 15.9 Å². The first-order valence-electron chi connectivity index (χ1n) is 4.33. The molecule has 0 atom stereocenters. The molecule has 2 aromatic rings. The minimum Gasteiger partial charge on any atom is -0.288 e. The summed E-state index contributed by atoms with van der Waals surface area (Å²) in [5.41, 5.74) is 0.495. The lowest BCUT2D eigenvalue weighted by Gasteiger charge is -1.99. The van der Waals surface area contributed by atoms with Crippen LogP contribution >= 0.6 is 50.5 Å². The molecule has 0 N–H and O–H groups in total. The molecular weight excluding hydrogens is 331 g/mol. The fourth-order valence-electron chi connectivity index (χ4n) is 1.24. The maximum atomic E-state index is 12.1. The lowest BCUT2D eigenvalue weighted by Crippen LogP contribution is -1.98. The van der Waals surface area contributed by atoms with E-state index < -0.39 is 0 Å². The van der Waals surface area contributed by atoms with Gasteiger partial charge in [0.05, 0.1) is 18.7 Å². The van der Waals surface area contributed by atoms with Crippen molar-refractivity contribution in [1.29, 1.82) is 0 Å². The highest BCUT2D eigenvalue weighted by Gasteiger charge is 2.16. The lowest BCUT2D eigenvalue weighted by molar-refractivity contribution is 0.104. The molecule has 1 heterocycles. The van der Waals surface area contributed by atoms with Crippen molar-refractivity contribution in [2.24, 2.45) is 0 Å². The van der Waals surface area contributed by atoms with E-state index >= 15 is 0 Å². The SMILES string of the molecule is O=C(c1cc(Cl)c(Br)s1)c1ccccc1Cl. The second kappa shape index (κ2) is 4.88. The van der Waals surface area contributed by atoms with Gasteiger partial charge < -0.3 is 0 Å². The van der Waals surface area contributed by atoms with Gasteiger partial charge >= 0.3 is 0 Å². The van der Waals surface area contributed by atoms with Crippen LogP contribution in [0.3, 0.4) is 0 Å². The fraction of sp³-hybridized carbons (Fsp3) is 0. The maximum Gasteiger partial charge on any atom is 0.204 e. The summed E-state index contributed by atoms with van der Waals surface area (Å²) in [5, 5.41) is 0.994.